The van der Waals surface area contributed by atoms with Crippen LogP contribution in [-0.4, -0.2) is 63.3 Å². The molecule has 126 valence electrons. The topological polar surface area (TPSA) is 107 Å². The highest BCUT2D eigenvalue weighted by atomic mass is 19.1. The molecule has 7 heteroatoms. The number of halogens is 1. The zero-order valence-corrected chi connectivity index (χ0v) is 12.2. The highest BCUT2D eigenvalue weighted by Gasteiger charge is 2.43. The Morgan fingerprint density at radius 3 is 2.30 bits per heavy atom. The number of rotatable bonds is 5. The maximum atomic E-state index is 12.8. The van der Waals surface area contributed by atoms with Crippen molar-refractivity contribution in [3.05, 3.63) is 41.7 Å². The second-order valence-electron chi connectivity index (χ2n) is 5.42. The van der Waals surface area contributed by atoms with Gasteiger partial charge in [-0.3, -0.25) is 4.79 Å². The number of aliphatic hydroxyl groups excluding tert-OH is 4. The Kier molecular flexibility index (Phi) is 5.97. The molecule has 1 saturated heterocycles. The highest BCUT2D eigenvalue weighted by molar-refractivity contribution is 5.93. The van der Waals surface area contributed by atoms with Crippen molar-refractivity contribution in [3.63, 3.8) is 0 Å². The molecule has 5 atom stereocenters. The van der Waals surface area contributed by atoms with Crippen LogP contribution >= 0.6 is 0 Å². The molecule has 6 nitrogen and oxygen atoms in total. The molecule has 0 aromatic heterocycles. The molecule has 1 aliphatic heterocycles. The second kappa shape index (κ2) is 7.76. The number of hydrogen-bond acceptors (Lipinski definition) is 6. The standard InChI is InChI=1S/C16H19FO6/c17-10-4-1-9(2-5-10)3-6-11(19)7-12-14(20)16(22)15(21)13(8-18)23-12/h1-6,12-16,18,20-22H,7-8H2/b6-3+/t12-,13+,14-,15+,16+/m0/s1. The van der Waals surface area contributed by atoms with Crippen LogP contribution in [-0.2, 0) is 9.53 Å². The van der Waals surface area contributed by atoms with Crippen LogP contribution in [0.2, 0.25) is 0 Å². The molecule has 1 fully saturated rings. The van der Waals surface area contributed by atoms with E-state index < -0.39 is 37.1 Å². The van der Waals surface area contributed by atoms with E-state index in [9.17, 15) is 24.5 Å². The molecule has 1 aromatic rings. The van der Waals surface area contributed by atoms with E-state index in [1.54, 1.807) is 0 Å². The van der Waals surface area contributed by atoms with Crippen molar-refractivity contribution in [2.45, 2.75) is 36.9 Å². The molecule has 1 aromatic carbocycles. The van der Waals surface area contributed by atoms with E-state index in [1.165, 1.54) is 36.4 Å². The Morgan fingerprint density at radius 1 is 1.09 bits per heavy atom. The lowest BCUT2D eigenvalue weighted by atomic mass is 9.92. The lowest BCUT2D eigenvalue weighted by molar-refractivity contribution is -0.229. The van der Waals surface area contributed by atoms with Gasteiger partial charge in [0.25, 0.3) is 0 Å². The van der Waals surface area contributed by atoms with Crippen LogP contribution in [0.5, 0.6) is 0 Å². The van der Waals surface area contributed by atoms with E-state index in [4.69, 9.17) is 9.84 Å². The summed E-state index contributed by atoms with van der Waals surface area (Å²) in [4.78, 5) is 11.9. The molecule has 0 saturated carbocycles. The Bertz CT molecular complexity index is 556. The van der Waals surface area contributed by atoms with Gasteiger partial charge in [-0.1, -0.05) is 18.2 Å². The number of hydrogen-bond donors (Lipinski definition) is 4. The van der Waals surface area contributed by atoms with Gasteiger partial charge in [0, 0.05) is 6.42 Å². The number of aliphatic hydroxyl groups is 4. The van der Waals surface area contributed by atoms with Gasteiger partial charge in [-0.25, -0.2) is 4.39 Å². The van der Waals surface area contributed by atoms with Crippen LogP contribution in [0.4, 0.5) is 4.39 Å². The molecule has 4 N–H and O–H groups in total. The minimum atomic E-state index is -1.50. The molecule has 0 spiro atoms. The van der Waals surface area contributed by atoms with E-state index in [0.717, 1.165) is 0 Å². The van der Waals surface area contributed by atoms with Gasteiger partial charge in [0.05, 0.1) is 12.7 Å². The first-order valence-corrected chi connectivity index (χ1v) is 7.19. The third kappa shape index (κ3) is 4.43. The van der Waals surface area contributed by atoms with E-state index in [0.29, 0.717) is 5.56 Å². The first-order chi connectivity index (χ1) is 10.9. The number of benzene rings is 1. The lowest BCUT2D eigenvalue weighted by Crippen LogP contribution is -2.58. The first-order valence-electron chi connectivity index (χ1n) is 7.19. The van der Waals surface area contributed by atoms with Gasteiger partial charge in [-0.05, 0) is 23.8 Å². The summed E-state index contributed by atoms with van der Waals surface area (Å²) in [6.07, 6.45) is -3.92. The summed E-state index contributed by atoms with van der Waals surface area (Å²) in [5, 5.41) is 38.3. The smallest absolute Gasteiger partial charge is 0.158 e. The lowest BCUT2D eigenvalue weighted by Gasteiger charge is -2.39. The fraction of sp³-hybridized carbons (Fsp3) is 0.438. The molecule has 0 amide bonds. The SMILES string of the molecule is O=C(/C=C/c1ccc(F)cc1)C[C@@H]1O[C@H](CO)[C@@H](O)[C@H](O)[C@H]1O. The van der Waals surface area contributed by atoms with Crippen LogP contribution in [0.1, 0.15) is 12.0 Å². The molecule has 1 aliphatic rings. The third-order valence-electron chi connectivity index (χ3n) is 3.73. The molecule has 0 radical (unpaired) electrons. The predicted octanol–water partition coefficient (Wildman–Crippen LogP) is -0.360. The molecule has 0 bridgehead atoms. The number of carbonyl (C=O) groups excluding carboxylic acids is 1. The van der Waals surface area contributed by atoms with Gasteiger partial charge in [-0.15, -0.1) is 0 Å². The summed E-state index contributed by atoms with van der Waals surface area (Å²) < 4.78 is 18.0. The number of carbonyl (C=O) groups is 1. The second-order valence-corrected chi connectivity index (χ2v) is 5.42. The largest absolute Gasteiger partial charge is 0.394 e. The number of allylic oxidation sites excluding steroid dienone is 1. The summed E-state index contributed by atoms with van der Waals surface area (Å²) >= 11 is 0. The van der Waals surface area contributed by atoms with Crippen molar-refractivity contribution in [1.29, 1.82) is 0 Å². The van der Waals surface area contributed by atoms with E-state index in [2.05, 4.69) is 0 Å². The Labute approximate surface area is 132 Å². The predicted molar refractivity (Wildman–Crippen MR) is 78.8 cm³/mol. The van der Waals surface area contributed by atoms with Gasteiger partial charge in [-0.2, -0.15) is 0 Å². The number of ketones is 1. The summed E-state index contributed by atoms with van der Waals surface area (Å²) in [7, 11) is 0. The van der Waals surface area contributed by atoms with Crippen molar-refractivity contribution in [2.75, 3.05) is 6.61 Å². The van der Waals surface area contributed by atoms with Crippen molar-refractivity contribution in [2.24, 2.45) is 0 Å². The zero-order chi connectivity index (χ0) is 17.0. The van der Waals surface area contributed by atoms with Gasteiger partial charge >= 0.3 is 0 Å². The normalized spacial score (nSPS) is 31.4. The zero-order valence-electron chi connectivity index (χ0n) is 12.2. The Hall–Kier alpha value is -1.64. The molecular weight excluding hydrogens is 307 g/mol. The van der Waals surface area contributed by atoms with Gasteiger partial charge < -0.3 is 25.2 Å². The van der Waals surface area contributed by atoms with Crippen molar-refractivity contribution >= 4 is 11.9 Å². The minimum absolute atomic E-state index is 0.223. The highest BCUT2D eigenvalue weighted by Crippen LogP contribution is 2.23. The monoisotopic (exact) mass is 326 g/mol. The summed E-state index contributed by atoms with van der Waals surface area (Å²) in [5.74, 6) is -0.756. The average molecular weight is 326 g/mol. The van der Waals surface area contributed by atoms with Crippen LogP contribution in [0.3, 0.4) is 0 Å². The van der Waals surface area contributed by atoms with E-state index in [-0.39, 0.29) is 18.0 Å². The molecule has 0 aliphatic carbocycles. The summed E-state index contributed by atoms with van der Waals surface area (Å²) in [6, 6.07) is 5.55. The maximum absolute atomic E-state index is 12.8. The van der Waals surface area contributed by atoms with Crippen LogP contribution < -0.4 is 0 Å². The number of ether oxygens (including phenoxy) is 1. The molecule has 1 heterocycles. The molecule has 2 rings (SSSR count). The van der Waals surface area contributed by atoms with Gasteiger partial charge in [0.2, 0.25) is 0 Å². The Balaban J connectivity index is 1.97. The average Bonchev–Trinajstić information content (AvgIpc) is 2.55. The quantitative estimate of drug-likeness (QED) is 0.551. The van der Waals surface area contributed by atoms with Crippen LogP contribution in [0.25, 0.3) is 6.08 Å². The van der Waals surface area contributed by atoms with Crippen LogP contribution in [0.15, 0.2) is 30.3 Å². The summed E-state index contributed by atoms with van der Waals surface area (Å²) in [5.41, 5.74) is 0.633. The molecular formula is C16H19FO6. The Morgan fingerprint density at radius 2 is 1.70 bits per heavy atom. The van der Waals surface area contributed by atoms with E-state index in [1.807, 2.05) is 0 Å². The van der Waals surface area contributed by atoms with Crippen molar-refractivity contribution in [3.8, 4) is 0 Å². The fourth-order valence-electron chi connectivity index (χ4n) is 2.38. The van der Waals surface area contributed by atoms with Crippen LogP contribution in [0, 0.1) is 5.82 Å². The molecule has 0 unspecified atom stereocenters. The van der Waals surface area contributed by atoms with E-state index >= 15 is 0 Å². The van der Waals surface area contributed by atoms with Gasteiger partial charge in [0.1, 0.15) is 30.2 Å². The first kappa shape index (κ1) is 17.7. The third-order valence-corrected chi connectivity index (χ3v) is 3.73. The maximum Gasteiger partial charge on any atom is 0.158 e. The van der Waals surface area contributed by atoms with Crippen molar-refractivity contribution in [1.82, 2.24) is 0 Å². The summed E-state index contributed by atoms with van der Waals surface area (Å²) in [6.45, 7) is -0.541. The minimum Gasteiger partial charge on any atom is -0.394 e. The van der Waals surface area contributed by atoms with Crippen molar-refractivity contribution < 1.29 is 34.3 Å². The van der Waals surface area contributed by atoms with Gasteiger partial charge in [0.15, 0.2) is 5.78 Å². The fourth-order valence-corrected chi connectivity index (χ4v) is 2.38. The molecule has 23 heavy (non-hydrogen) atoms.